The molecule has 0 radical (unpaired) electrons. The van der Waals surface area contributed by atoms with Gasteiger partial charge in [-0.3, -0.25) is 4.79 Å². The second-order valence-electron chi connectivity index (χ2n) is 5.92. The Hall–Kier alpha value is -2.49. The number of benzene rings is 1. The fourth-order valence-electron chi connectivity index (χ4n) is 2.28. The van der Waals surface area contributed by atoms with E-state index < -0.39 is 42.3 Å². The summed E-state index contributed by atoms with van der Waals surface area (Å²) < 4.78 is 43.4. The van der Waals surface area contributed by atoms with E-state index in [1.165, 1.54) is 45.2 Å². The van der Waals surface area contributed by atoms with Gasteiger partial charge >= 0.3 is 12.3 Å². The maximum absolute atomic E-state index is 12.8. The van der Waals surface area contributed by atoms with Crippen LogP contribution in [-0.4, -0.2) is 47.6 Å². The number of hydrogen-bond acceptors (Lipinski definition) is 4. The molecular formula is C16H21F3N2O5. The molecule has 0 fully saturated rings. The lowest BCUT2D eigenvalue weighted by atomic mass is 9.96. The van der Waals surface area contributed by atoms with E-state index in [0.717, 1.165) is 0 Å². The summed E-state index contributed by atoms with van der Waals surface area (Å²) in [6, 6.07) is 2.67. The monoisotopic (exact) mass is 378 g/mol. The zero-order valence-electron chi connectivity index (χ0n) is 14.4. The lowest BCUT2D eigenvalue weighted by Crippen LogP contribution is -2.55. The molecule has 146 valence electrons. The van der Waals surface area contributed by atoms with E-state index in [9.17, 15) is 27.9 Å². The highest BCUT2D eigenvalue weighted by Gasteiger charge is 2.45. The van der Waals surface area contributed by atoms with E-state index in [2.05, 4.69) is 5.32 Å². The molecule has 0 aliphatic rings. The summed E-state index contributed by atoms with van der Waals surface area (Å²) in [5.74, 6) is -1.31. The van der Waals surface area contributed by atoms with Crippen molar-refractivity contribution in [3.8, 4) is 5.75 Å². The van der Waals surface area contributed by atoms with Crippen molar-refractivity contribution in [3.05, 3.63) is 29.8 Å². The Bertz CT molecular complexity index is 619. The van der Waals surface area contributed by atoms with Crippen LogP contribution in [0.15, 0.2) is 24.3 Å². The van der Waals surface area contributed by atoms with Crippen molar-refractivity contribution < 1.29 is 37.7 Å². The van der Waals surface area contributed by atoms with Gasteiger partial charge in [0.2, 0.25) is 5.91 Å². The van der Waals surface area contributed by atoms with E-state index in [1.807, 2.05) is 5.32 Å². The minimum atomic E-state index is -4.93. The van der Waals surface area contributed by atoms with Crippen LogP contribution in [0, 0.1) is 5.92 Å². The molecule has 0 saturated carbocycles. The Kier molecular flexibility index (Phi) is 7.25. The molecule has 0 aliphatic heterocycles. The molecule has 1 aromatic rings. The average Bonchev–Trinajstić information content (AvgIpc) is 2.55. The highest BCUT2D eigenvalue weighted by molar-refractivity contribution is 5.86. The summed E-state index contributed by atoms with van der Waals surface area (Å²) in [4.78, 5) is 23.4. The van der Waals surface area contributed by atoms with Crippen LogP contribution in [0.25, 0.3) is 0 Å². The zero-order valence-corrected chi connectivity index (χ0v) is 14.4. The fourth-order valence-corrected chi connectivity index (χ4v) is 2.28. The fraction of sp³-hybridized carbons (Fsp3) is 0.500. The smallest absolute Gasteiger partial charge is 0.416 e. The molecule has 0 spiro atoms. The summed E-state index contributed by atoms with van der Waals surface area (Å²) in [5, 5.41) is 22.5. The number of halogens is 3. The van der Waals surface area contributed by atoms with Crippen molar-refractivity contribution in [1.29, 1.82) is 0 Å². The summed E-state index contributed by atoms with van der Waals surface area (Å²) >= 11 is 0. The van der Waals surface area contributed by atoms with Gasteiger partial charge < -0.3 is 25.6 Å². The van der Waals surface area contributed by atoms with Crippen LogP contribution in [0.4, 0.5) is 18.0 Å². The first-order valence-electron chi connectivity index (χ1n) is 7.66. The Labute approximate surface area is 148 Å². The van der Waals surface area contributed by atoms with Crippen LogP contribution in [-0.2, 0) is 4.79 Å². The van der Waals surface area contributed by atoms with E-state index in [1.54, 1.807) is 0 Å². The van der Waals surface area contributed by atoms with Gasteiger partial charge in [0.1, 0.15) is 11.8 Å². The van der Waals surface area contributed by atoms with Gasteiger partial charge in [-0.25, -0.2) is 4.79 Å². The SMILES string of the molecule is COc1ccc(C(NC(=O)O)C(=O)NC(C(C)C)C(O)C(F)(F)F)cc1. The molecule has 10 heteroatoms. The zero-order chi connectivity index (χ0) is 20.1. The van der Waals surface area contributed by atoms with Gasteiger partial charge in [-0.15, -0.1) is 0 Å². The summed E-state index contributed by atoms with van der Waals surface area (Å²) in [6.45, 7) is 2.79. The summed E-state index contributed by atoms with van der Waals surface area (Å²) in [5.41, 5.74) is 0.203. The third-order valence-electron chi connectivity index (χ3n) is 3.68. The lowest BCUT2D eigenvalue weighted by Gasteiger charge is -2.30. The van der Waals surface area contributed by atoms with Gasteiger partial charge in [0.25, 0.3) is 0 Å². The van der Waals surface area contributed by atoms with Crippen molar-refractivity contribution in [3.63, 3.8) is 0 Å². The van der Waals surface area contributed by atoms with Gasteiger partial charge in [0.15, 0.2) is 6.10 Å². The number of aliphatic hydroxyl groups is 1. The molecule has 3 atom stereocenters. The van der Waals surface area contributed by atoms with E-state index in [-0.39, 0.29) is 5.56 Å². The molecule has 0 aromatic heterocycles. The van der Waals surface area contributed by atoms with Crippen LogP contribution in [0.1, 0.15) is 25.5 Å². The molecule has 1 aromatic carbocycles. The number of amides is 2. The van der Waals surface area contributed by atoms with Crippen molar-refractivity contribution in [1.82, 2.24) is 10.6 Å². The van der Waals surface area contributed by atoms with Crippen LogP contribution in [0.5, 0.6) is 5.75 Å². The predicted molar refractivity (Wildman–Crippen MR) is 85.7 cm³/mol. The molecule has 4 N–H and O–H groups in total. The van der Waals surface area contributed by atoms with Gasteiger partial charge in [-0.05, 0) is 23.6 Å². The minimum Gasteiger partial charge on any atom is -0.497 e. The molecular weight excluding hydrogens is 357 g/mol. The molecule has 0 aliphatic carbocycles. The highest BCUT2D eigenvalue weighted by atomic mass is 19.4. The van der Waals surface area contributed by atoms with E-state index >= 15 is 0 Å². The first-order valence-corrected chi connectivity index (χ1v) is 7.66. The second kappa shape index (κ2) is 8.75. The number of aliphatic hydroxyl groups excluding tert-OH is 1. The van der Waals surface area contributed by atoms with E-state index in [0.29, 0.717) is 5.75 Å². The molecule has 0 saturated heterocycles. The number of carbonyl (C=O) groups excluding carboxylic acids is 1. The minimum absolute atomic E-state index is 0.203. The standard InChI is InChI=1S/C16H21F3N2O5/c1-8(2)11(13(22)16(17,18)19)20-14(23)12(21-15(24)25)9-4-6-10(26-3)7-5-9/h4-8,11-13,21-22H,1-3H3,(H,20,23)(H,24,25). The number of carbonyl (C=O) groups is 2. The molecule has 0 bridgehead atoms. The van der Waals surface area contributed by atoms with Crippen molar-refractivity contribution in [2.75, 3.05) is 7.11 Å². The van der Waals surface area contributed by atoms with Crippen molar-refractivity contribution >= 4 is 12.0 Å². The average molecular weight is 378 g/mol. The summed E-state index contributed by atoms with van der Waals surface area (Å²) in [6.07, 6.45) is -9.25. The van der Waals surface area contributed by atoms with Crippen molar-refractivity contribution in [2.45, 2.75) is 38.2 Å². The Balaban J connectivity index is 3.08. The third-order valence-corrected chi connectivity index (χ3v) is 3.68. The lowest BCUT2D eigenvalue weighted by molar-refractivity contribution is -0.215. The van der Waals surface area contributed by atoms with Crippen molar-refractivity contribution in [2.24, 2.45) is 5.92 Å². The topological polar surface area (TPSA) is 108 Å². The largest absolute Gasteiger partial charge is 0.497 e. The van der Waals surface area contributed by atoms with Crippen LogP contribution in [0.2, 0.25) is 0 Å². The first-order chi connectivity index (χ1) is 12.0. The maximum atomic E-state index is 12.8. The number of hydrogen-bond donors (Lipinski definition) is 4. The highest BCUT2D eigenvalue weighted by Crippen LogP contribution is 2.26. The van der Waals surface area contributed by atoms with Crippen LogP contribution >= 0.6 is 0 Å². The molecule has 2 amide bonds. The number of rotatable bonds is 7. The van der Waals surface area contributed by atoms with Gasteiger partial charge in [0, 0.05) is 0 Å². The van der Waals surface area contributed by atoms with Crippen LogP contribution in [0.3, 0.4) is 0 Å². The number of methoxy groups -OCH3 is 1. The molecule has 3 unspecified atom stereocenters. The predicted octanol–water partition coefficient (Wildman–Crippen LogP) is 2.07. The molecule has 0 heterocycles. The molecule has 7 nitrogen and oxygen atoms in total. The maximum Gasteiger partial charge on any atom is 0.416 e. The first kappa shape index (κ1) is 21.6. The Morgan fingerprint density at radius 2 is 1.65 bits per heavy atom. The number of nitrogens with one attached hydrogen (secondary N) is 2. The Morgan fingerprint density at radius 3 is 2.04 bits per heavy atom. The third kappa shape index (κ3) is 5.80. The molecule has 26 heavy (non-hydrogen) atoms. The number of alkyl halides is 3. The van der Waals surface area contributed by atoms with Gasteiger partial charge in [-0.1, -0.05) is 26.0 Å². The molecule has 1 rings (SSSR count). The Morgan fingerprint density at radius 1 is 1.12 bits per heavy atom. The normalized spacial score (nSPS) is 15.1. The van der Waals surface area contributed by atoms with E-state index in [4.69, 9.17) is 9.84 Å². The number of carboxylic acid groups (broad SMARTS) is 1. The van der Waals surface area contributed by atoms with Gasteiger partial charge in [0.05, 0.1) is 13.2 Å². The second-order valence-corrected chi connectivity index (χ2v) is 5.92. The quantitative estimate of drug-likeness (QED) is 0.581. The summed E-state index contributed by atoms with van der Waals surface area (Å²) in [7, 11) is 1.42. The van der Waals surface area contributed by atoms with Crippen LogP contribution < -0.4 is 15.4 Å². The number of ether oxygens (including phenoxy) is 1. The van der Waals surface area contributed by atoms with Gasteiger partial charge in [-0.2, -0.15) is 13.2 Å².